The number of fused-ring (bicyclic) bond motifs is 1. The molecule has 6 rings (SSSR count). The van der Waals surface area contributed by atoms with Crippen LogP contribution in [0.3, 0.4) is 0 Å². The number of hydrogen-bond acceptors (Lipinski definition) is 0. The smallest absolute Gasteiger partial charge is 0.0412 e. The maximum atomic E-state index is 3.23. The molecule has 0 N–H and O–H groups in total. The third-order valence-corrected chi connectivity index (χ3v) is 28.4. The van der Waals surface area contributed by atoms with Gasteiger partial charge in [-0.1, -0.05) is 199 Å². The van der Waals surface area contributed by atoms with Gasteiger partial charge >= 0.3 is 0 Å². The molecular formula is C42H70I4. The van der Waals surface area contributed by atoms with E-state index in [1.807, 2.05) is 0 Å². The fourth-order valence-electron chi connectivity index (χ4n) is 16.6. The summed E-state index contributed by atoms with van der Waals surface area (Å²) in [5, 5.41) is 0. The van der Waals surface area contributed by atoms with Gasteiger partial charge in [0, 0.05) is 14.7 Å². The van der Waals surface area contributed by atoms with E-state index in [1.54, 1.807) is 0 Å². The van der Waals surface area contributed by atoms with E-state index in [4.69, 9.17) is 0 Å². The van der Waals surface area contributed by atoms with Crippen molar-refractivity contribution in [2.75, 3.05) is 0 Å². The highest BCUT2D eigenvalue weighted by atomic mass is 127. The van der Waals surface area contributed by atoms with E-state index in [1.165, 1.54) is 70.6 Å². The van der Waals surface area contributed by atoms with Gasteiger partial charge in [-0.2, -0.15) is 0 Å². The summed E-state index contributed by atoms with van der Waals surface area (Å²) in [5.74, 6) is 5.93. The second kappa shape index (κ2) is 11.7. The summed E-state index contributed by atoms with van der Waals surface area (Å²) in [6.45, 7) is 35.2. The lowest BCUT2D eigenvalue weighted by Crippen LogP contribution is -2.67. The van der Waals surface area contributed by atoms with Crippen LogP contribution in [-0.2, 0) is 0 Å². The van der Waals surface area contributed by atoms with Crippen molar-refractivity contribution in [2.45, 2.75) is 175 Å². The Morgan fingerprint density at radius 2 is 1.59 bits per heavy atom. The average Bonchev–Trinajstić information content (AvgIpc) is 3.21. The van der Waals surface area contributed by atoms with Gasteiger partial charge in [0.05, 0.1) is 0 Å². The van der Waals surface area contributed by atoms with Crippen molar-refractivity contribution in [3.63, 3.8) is 0 Å². The summed E-state index contributed by atoms with van der Waals surface area (Å²) in [5.41, 5.74) is 3.01. The predicted octanol–water partition coefficient (Wildman–Crippen LogP) is 14.8. The third kappa shape index (κ3) is 4.52. The fraction of sp³-hybridized carbons (Fsp3) is 1.00. The van der Waals surface area contributed by atoms with Crippen LogP contribution in [0.2, 0.25) is 0 Å². The molecule has 6 aliphatic rings. The zero-order valence-corrected chi connectivity index (χ0v) is 40.6. The third-order valence-electron chi connectivity index (χ3n) is 18.7. The highest BCUT2D eigenvalue weighted by molar-refractivity contribution is 14.1. The highest BCUT2D eigenvalue weighted by Gasteiger charge is 2.90. The van der Waals surface area contributed by atoms with Gasteiger partial charge in [-0.3, -0.25) is 0 Å². The van der Waals surface area contributed by atoms with Crippen LogP contribution in [0.4, 0.5) is 0 Å². The van der Waals surface area contributed by atoms with Crippen LogP contribution in [0.15, 0.2) is 0 Å². The average molecular weight is 1080 g/mol. The standard InChI is InChI=1S/C42H70I4/c1-14-18-39(13)40-19-16-15-17-28(22-38(12,45)27(5)43)21-34(6,7)35(8,9)30-20-29(23-37(11)26(4)42(37,39)25(2)3)31-32(40)36(10,24-40)33(44)41(30,31)46/h25-33H,14-24H2,1-13H3. The zero-order valence-electron chi connectivity index (χ0n) is 32.0. The van der Waals surface area contributed by atoms with Crippen molar-refractivity contribution >= 4 is 90.4 Å². The number of halogens is 4. The summed E-state index contributed by atoms with van der Waals surface area (Å²) >= 11 is 11.9. The molecule has 0 nitrogen and oxygen atoms in total. The SMILES string of the molecule is CCCC1(C)C23CCCCC(CC(C)(I)C(C)I)CC(C)(C)C(C)(C)C4CC(CC5(C)C(C)C51C(C)C)C1C2C(C)(C3)C(I)C14I. The summed E-state index contributed by atoms with van der Waals surface area (Å²) in [6.07, 6.45) is 15.9. The molecule has 0 heterocycles. The van der Waals surface area contributed by atoms with Crippen LogP contribution in [0.1, 0.15) is 161 Å². The van der Waals surface area contributed by atoms with E-state index in [-0.39, 0.29) is 0 Å². The first-order chi connectivity index (χ1) is 20.9. The minimum atomic E-state index is 0.309. The first-order valence-electron chi connectivity index (χ1n) is 19.6. The van der Waals surface area contributed by atoms with Gasteiger partial charge < -0.3 is 0 Å². The van der Waals surface area contributed by atoms with Crippen molar-refractivity contribution in [3.05, 3.63) is 0 Å². The summed E-state index contributed by atoms with van der Waals surface area (Å²) in [4.78, 5) is 0. The first-order valence-corrected chi connectivity index (χ1v) is 24.2. The lowest BCUT2D eigenvalue weighted by atomic mass is 9.31. The van der Waals surface area contributed by atoms with E-state index in [9.17, 15) is 0 Å². The molecular weight excluding hydrogens is 1010 g/mol. The molecule has 0 amide bonds. The van der Waals surface area contributed by atoms with Crippen LogP contribution in [0, 0.1) is 79.3 Å². The van der Waals surface area contributed by atoms with Crippen LogP contribution in [-0.4, -0.2) is 14.7 Å². The lowest BCUT2D eigenvalue weighted by Gasteiger charge is -2.73. The Kier molecular flexibility index (Phi) is 9.84. The van der Waals surface area contributed by atoms with Gasteiger partial charge in [-0.15, -0.1) is 0 Å². The highest BCUT2D eigenvalue weighted by Crippen LogP contribution is 2.94. The van der Waals surface area contributed by atoms with Crippen LogP contribution >= 0.6 is 90.4 Å². The van der Waals surface area contributed by atoms with E-state index in [2.05, 4.69) is 180 Å². The first kappa shape index (κ1) is 38.6. The number of rotatable bonds is 6. The summed E-state index contributed by atoms with van der Waals surface area (Å²) in [7, 11) is 0. The molecule has 6 saturated carbocycles. The molecule has 6 fully saturated rings. The molecule has 0 aliphatic heterocycles. The lowest BCUT2D eigenvalue weighted by molar-refractivity contribution is -0.245. The van der Waals surface area contributed by atoms with Crippen LogP contribution in [0.25, 0.3) is 0 Å². The Hall–Kier alpha value is 2.92. The molecule has 0 saturated heterocycles. The molecule has 0 aromatic carbocycles. The molecule has 15 atom stereocenters. The van der Waals surface area contributed by atoms with Crippen molar-refractivity contribution in [1.29, 1.82) is 0 Å². The Morgan fingerprint density at radius 1 is 0.957 bits per heavy atom. The Morgan fingerprint density at radius 3 is 2.15 bits per heavy atom. The summed E-state index contributed by atoms with van der Waals surface area (Å²) < 4.78 is 2.25. The van der Waals surface area contributed by atoms with Crippen LogP contribution in [0.5, 0.6) is 0 Å². The minimum absolute atomic E-state index is 0.309. The van der Waals surface area contributed by atoms with E-state index in [0.717, 1.165) is 45.3 Å². The van der Waals surface area contributed by atoms with E-state index in [0.29, 0.717) is 48.7 Å². The zero-order chi connectivity index (χ0) is 34.5. The van der Waals surface area contributed by atoms with Crippen LogP contribution < -0.4 is 0 Å². The van der Waals surface area contributed by atoms with Gasteiger partial charge in [0.25, 0.3) is 0 Å². The maximum absolute atomic E-state index is 3.23. The molecule has 0 spiro atoms. The molecule has 266 valence electrons. The Balaban J connectivity index is 1.57. The fourth-order valence-corrected chi connectivity index (χ4v) is 21.5. The van der Waals surface area contributed by atoms with Crippen molar-refractivity contribution in [2.24, 2.45) is 79.3 Å². The number of hydrogen-bond donors (Lipinski definition) is 0. The molecule has 0 aromatic heterocycles. The van der Waals surface area contributed by atoms with Crippen molar-refractivity contribution < 1.29 is 0 Å². The van der Waals surface area contributed by atoms with Gasteiger partial charge in [0.2, 0.25) is 0 Å². The van der Waals surface area contributed by atoms with E-state index >= 15 is 0 Å². The Labute approximate surface area is 341 Å². The topological polar surface area (TPSA) is 0 Å². The van der Waals surface area contributed by atoms with E-state index < -0.39 is 0 Å². The largest absolute Gasteiger partial charge is 0.0815 e. The second-order valence-electron chi connectivity index (χ2n) is 21.0. The minimum Gasteiger partial charge on any atom is -0.0815 e. The van der Waals surface area contributed by atoms with Gasteiger partial charge in [-0.05, 0) is 131 Å². The molecule has 0 aromatic rings. The predicted molar refractivity (Wildman–Crippen MR) is 235 cm³/mol. The molecule has 5 bridgehead atoms. The molecule has 15 unspecified atom stereocenters. The quantitative estimate of drug-likeness (QED) is 0.184. The molecule has 6 aliphatic carbocycles. The van der Waals surface area contributed by atoms with Gasteiger partial charge in [0.1, 0.15) is 0 Å². The second-order valence-corrected chi connectivity index (χ2v) is 28.5. The molecule has 0 radical (unpaired) electrons. The monoisotopic (exact) mass is 1080 g/mol. The maximum Gasteiger partial charge on any atom is 0.0412 e. The number of alkyl halides is 4. The molecule has 46 heavy (non-hydrogen) atoms. The Bertz CT molecular complexity index is 1200. The van der Waals surface area contributed by atoms with Crippen molar-refractivity contribution in [3.8, 4) is 0 Å². The molecule has 4 heteroatoms. The summed E-state index contributed by atoms with van der Waals surface area (Å²) in [6, 6.07) is 0. The van der Waals surface area contributed by atoms with Gasteiger partial charge in [-0.25, -0.2) is 0 Å². The van der Waals surface area contributed by atoms with Crippen molar-refractivity contribution in [1.82, 2.24) is 0 Å². The normalized spacial score (nSPS) is 55.6. The van der Waals surface area contributed by atoms with Gasteiger partial charge in [0.15, 0.2) is 0 Å².